The van der Waals surface area contributed by atoms with Crippen molar-refractivity contribution >= 4 is 74.8 Å². The Hall–Kier alpha value is -1.67. The lowest BCUT2D eigenvalue weighted by molar-refractivity contribution is -0.126. The molecule has 1 aliphatic heterocycles. The summed E-state index contributed by atoms with van der Waals surface area (Å²) in [7, 11) is 0. The van der Waals surface area contributed by atoms with Crippen molar-refractivity contribution in [1.29, 1.82) is 0 Å². The van der Waals surface area contributed by atoms with Crippen LogP contribution < -0.4 is 5.32 Å². The summed E-state index contributed by atoms with van der Waals surface area (Å²) in [5.74, 6) is -0.607. The van der Waals surface area contributed by atoms with Crippen LogP contribution in [0.4, 0.5) is 5.69 Å². The van der Waals surface area contributed by atoms with Crippen LogP contribution in [0.2, 0.25) is 5.02 Å². The van der Waals surface area contributed by atoms with Crippen LogP contribution >= 0.6 is 46.9 Å². The SMILES string of the molecule is O=C(CN1C(=O)/C(=C\c2cccs2)SC1=S)Nc1ccccc1Cl. The standard InChI is InChI=1S/C16H11ClN2O2S3/c17-11-5-1-2-6-12(11)18-14(20)9-19-15(21)13(24-16(19)22)8-10-4-3-7-23-10/h1-8H,9H2,(H,18,20)/b13-8+. The van der Waals surface area contributed by atoms with Crippen molar-refractivity contribution in [3.8, 4) is 0 Å². The number of thiocarbonyl (C=S) groups is 1. The van der Waals surface area contributed by atoms with Crippen LogP contribution in [-0.2, 0) is 9.59 Å². The highest BCUT2D eigenvalue weighted by atomic mass is 35.5. The third kappa shape index (κ3) is 3.87. The molecule has 0 spiro atoms. The molecule has 24 heavy (non-hydrogen) atoms. The van der Waals surface area contributed by atoms with Crippen molar-refractivity contribution in [3.05, 3.63) is 56.6 Å². The van der Waals surface area contributed by atoms with Gasteiger partial charge >= 0.3 is 0 Å². The minimum absolute atomic E-state index is 0.141. The molecule has 2 heterocycles. The number of thiophene rings is 1. The van der Waals surface area contributed by atoms with Crippen LogP contribution in [-0.4, -0.2) is 27.6 Å². The van der Waals surface area contributed by atoms with E-state index < -0.39 is 0 Å². The highest BCUT2D eigenvalue weighted by molar-refractivity contribution is 8.26. The zero-order chi connectivity index (χ0) is 17.1. The van der Waals surface area contributed by atoms with Gasteiger partial charge in [-0.25, -0.2) is 0 Å². The lowest BCUT2D eigenvalue weighted by Gasteiger charge is -2.14. The Balaban J connectivity index is 1.69. The molecule has 0 saturated carbocycles. The topological polar surface area (TPSA) is 49.4 Å². The molecule has 1 aromatic heterocycles. The first-order chi connectivity index (χ1) is 11.5. The van der Waals surface area contributed by atoms with Gasteiger partial charge in [0.1, 0.15) is 10.9 Å². The summed E-state index contributed by atoms with van der Waals surface area (Å²) >= 11 is 14.0. The molecule has 0 unspecified atom stereocenters. The van der Waals surface area contributed by atoms with Gasteiger partial charge in [-0.3, -0.25) is 14.5 Å². The first kappa shape index (κ1) is 17.2. The van der Waals surface area contributed by atoms with Gasteiger partial charge in [0.05, 0.1) is 15.6 Å². The zero-order valence-corrected chi connectivity index (χ0v) is 15.4. The maximum Gasteiger partial charge on any atom is 0.266 e. The monoisotopic (exact) mass is 394 g/mol. The van der Waals surface area contributed by atoms with E-state index in [0.717, 1.165) is 4.88 Å². The quantitative estimate of drug-likeness (QED) is 0.622. The van der Waals surface area contributed by atoms with Crippen LogP contribution in [0.15, 0.2) is 46.7 Å². The molecule has 1 saturated heterocycles. The molecule has 0 aliphatic carbocycles. The summed E-state index contributed by atoms with van der Waals surface area (Å²) in [5.41, 5.74) is 0.503. The molecule has 2 amide bonds. The van der Waals surface area contributed by atoms with E-state index in [1.165, 1.54) is 28.0 Å². The molecule has 2 aromatic rings. The summed E-state index contributed by atoms with van der Waals surface area (Å²) in [4.78, 5) is 27.4. The largest absolute Gasteiger partial charge is 0.323 e. The van der Waals surface area contributed by atoms with Crippen molar-refractivity contribution in [2.75, 3.05) is 11.9 Å². The number of halogens is 1. The van der Waals surface area contributed by atoms with E-state index in [1.54, 1.807) is 30.3 Å². The van der Waals surface area contributed by atoms with E-state index in [2.05, 4.69) is 5.32 Å². The van der Waals surface area contributed by atoms with Gasteiger partial charge < -0.3 is 5.32 Å². The maximum absolute atomic E-state index is 12.4. The number of nitrogens with zero attached hydrogens (tertiary/aromatic N) is 1. The lowest BCUT2D eigenvalue weighted by atomic mass is 10.3. The third-order valence-corrected chi connectivity index (χ3v) is 5.67. The summed E-state index contributed by atoms with van der Waals surface area (Å²) < 4.78 is 0.372. The zero-order valence-electron chi connectivity index (χ0n) is 12.2. The number of hydrogen-bond donors (Lipinski definition) is 1. The van der Waals surface area contributed by atoms with Gasteiger partial charge in [-0.05, 0) is 29.7 Å². The van der Waals surface area contributed by atoms with Gasteiger partial charge in [-0.2, -0.15) is 0 Å². The molecule has 0 radical (unpaired) electrons. The molecule has 1 N–H and O–H groups in total. The fraction of sp³-hybridized carbons (Fsp3) is 0.0625. The minimum Gasteiger partial charge on any atom is -0.323 e. The van der Waals surface area contributed by atoms with E-state index >= 15 is 0 Å². The Morgan fingerprint density at radius 1 is 1.29 bits per heavy atom. The molecular weight excluding hydrogens is 384 g/mol. The van der Waals surface area contributed by atoms with E-state index in [-0.39, 0.29) is 18.4 Å². The number of amides is 2. The Labute approximate surface area is 157 Å². The Morgan fingerprint density at radius 2 is 2.08 bits per heavy atom. The smallest absolute Gasteiger partial charge is 0.266 e. The number of carbonyl (C=O) groups is 2. The van der Waals surface area contributed by atoms with Crippen molar-refractivity contribution in [2.24, 2.45) is 0 Å². The van der Waals surface area contributed by atoms with Crippen LogP contribution in [0.3, 0.4) is 0 Å². The fourth-order valence-electron chi connectivity index (χ4n) is 2.03. The molecule has 1 fully saturated rings. The van der Waals surface area contributed by atoms with Crippen molar-refractivity contribution < 1.29 is 9.59 Å². The van der Waals surface area contributed by atoms with Gasteiger partial charge in [0.25, 0.3) is 5.91 Å². The predicted octanol–water partition coefficient (Wildman–Crippen LogP) is 4.24. The van der Waals surface area contributed by atoms with E-state index in [1.807, 2.05) is 17.5 Å². The first-order valence-electron chi connectivity index (χ1n) is 6.88. The molecule has 122 valence electrons. The molecule has 0 atom stereocenters. The maximum atomic E-state index is 12.4. The summed E-state index contributed by atoms with van der Waals surface area (Å²) in [6.45, 7) is -0.141. The molecule has 1 aliphatic rings. The molecule has 4 nitrogen and oxygen atoms in total. The second-order valence-corrected chi connectivity index (χ2v) is 7.87. The average Bonchev–Trinajstić information content (AvgIpc) is 3.14. The van der Waals surface area contributed by atoms with Crippen molar-refractivity contribution in [2.45, 2.75) is 0 Å². The fourth-order valence-corrected chi connectivity index (χ4v) is 4.20. The Kier molecular flexibility index (Phi) is 5.35. The number of rotatable bonds is 4. The van der Waals surface area contributed by atoms with Crippen LogP contribution in [0.25, 0.3) is 6.08 Å². The lowest BCUT2D eigenvalue weighted by Crippen LogP contribution is -2.36. The van der Waals surface area contributed by atoms with E-state index in [9.17, 15) is 9.59 Å². The second kappa shape index (κ2) is 7.48. The number of nitrogens with one attached hydrogen (secondary N) is 1. The molecular formula is C16H11ClN2O2S3. The Bertz CT molecular complexity index is 834. The summed E-state index contributed by atoms with van der Waals surface area (Å²) in [5, 5.41) is 5.06. The van der Waals surface area contributed by atoms with Crippen LogP contribution in [0.5, 0.6) is 0 Å². The number of benzene rings is 1. The number of thioether (sulfide) groups is 1. The normalized spacial score (nSPS) is 16.0. The van der Waals surface area contributed by atoms with Gasteiger partial charge in [0, 0.05) is 4.88 Å². The number of anilines is 1. The second-order valence-electron chi connectivity index (χ2n) is 4.81. The minimum atomic E-state index is -0.350. The van der Waals surface area contributed by atoms with E-state index in [4.69, 9.17) is 23.8 Å². The highest BCUT2D eigenvalue weighted by Crippen LogP contribution is 2.33. The van der Waals surface area contributed by atoms with Gasteiger partial charge in [-0.15, -0.1) is 11.3 Å². The van der Waals surface area contributed by atoms with E-state index in [0.29, 0.717) is 19.9 Å². The van der Waals surface area contributed by atoms with Crippen molar-refractivity contribution in [1.82, 2.24) is 4.90 Å². The number of hydrogen-bond acceptors (Lipinski definition) is 5. The highest BCUT2D eigenvalue weighted by Gasteiger charge is 2.33. The average molecular weight is 395 g/mol. The first-order valence-corrected chi connectivity index (χ1v) is 9.36. The number of carbonyl (C=O) groups excluding carboxylic acids is 2. The van der Waals surface area contributed by atoms with Crippen molar-refractivity contribution in [3.63, 3.8) is 0 Å². The molecule has 8 heteroatoms. The van der Waals surface area contributed by atoms with Gasteiger partial charge in [0.15, 0.2) is 0 Å². The predicted molar refractivity (Wildman–Crippen MR) is 104 cm³/mol. The summed E-state index contributed by atoms with van der Waals surface area (Å²) in [6, 6.07) is 10.7. The third-order valence-electron chi connectivity index (χ3n) is 3.14. The summed E-state index contributed by atoms with van der Waals surface area (Å²) in [6.07, 6.45) is 1.79. The van der Waals surface area contributed by atoms with Gasteiger partial charge in [0.2, 0.25) is 5.91 Å². The molecule has 1 aromatic carbocycles. The van der Waals surface area contributed by atoms with Crippen LogP contribution in [0.1, 0.15) is 4.88 Å². The molecule has 3 rings (SSSR count). The molecule has 0 bridgehead atoms. The Morgan fingerprint density at radius 3 is 2.79 bits per heavy atom. The number of para-hydroxylation sites is 1. The van der Waals surface area contributed by atoms with Crippen LogP contribution in [0, 0.1) is 0 Å². The van der Waals surface area contributed by atoms with Gasteiger partial charge in [-0.1, -0.05) is 53.8 Å².